The number of unbranched alkanes of at least 4 members (excludes halogenated alkanes) is 7. The van der Waals surface area contributed by atoms with Crippen molar-refractivity contribution >= 4 is 5.97 Å². The van der Waals surface area contributed by atoms with Gasteiger partial charge in [-0.2, -0.15) is 0 Å². The van der Waals surface area contributed by atoms with Crippen molar-refractivity contribution in [1.29, 1.82) is 0 Å². The average molecular weight is 244 g/mol. The van der Waals surface area contributed by atoms with Crippen molar-refractivity contribution in [2.45, 2.75) is 85.5 Å². The zero-order chi connectivity index (χ0) is 13.4. The third-order valence-corrected chi connectivity index (χ3v) is 2.51. The third kappa shape index (κ3) is 25.6. The standard InChI is InChI=1S/C9H20.C6H12O2/c1-3-5-7-9-8-6-4-2;1-3-4-5-8-6(2)7/h3-9H2,1-2H3;3-5H2,1-2H3. The number of ether oxygens (including phenoxy) is 1. The summed E-state index contributed by atoms with van der Waals surface area (Å²) >= 11 is 0. The molecule has 0 aromatic rings. The summed E-state index contributed by atoms with van der Waals surface area (Å²) in [4.78, 5) is 10.1. The Morgan fingerprint density at radius 3 is 1.53 bits per heavy atom. The highest BCUT2D eigenvalue weighted by molar-refractivity contribution is 5.65. The molecular weight excluding hydrogens is 212 g/mol. The number of carbonyl (C=O) groups excluding carboxylic acids is 1. The van der Waals surface area contributed by atoms with E-state index in [4.69, 9.17) is 0 Å². The average Bonchev–Trinajstić information content (AvgIpc) is 2.30. The molecule has 104 valence electrons. The van der Waals surface area contributed by atoms with Crippen LogP contribution in [0.4, 0.5) is 0 Å². The molecule has 0 aromatic heterocycles. The minimum absolute atomic E-state index is 0.182. The summed E-state index contributed by atoms with van der Waals surface area (Å²) in [7, 11) is 0. The maximum Gasteiger partial charge on any atom is 0.302 e. The van der Waals surface area contributed by atoms with Crippen LogP contribution in [0.5, 0.6) is 0 Å². The Kier molecular flexibility index (Phi) is 19.8. The van der Waals surface area contributed by atoms with Crippen molar-refractivity contribution in [2.75, 3.05) is 6.61 Å². The third-order valence-electron chi connectivity index (χ3n) is 2.51. The molecule has 0 unspecified atom stereocenters. The number of hydrogen-bond acceptors (Lipinski definition) is 2. The Hall–Kier alpha value is -0.530. The molecule has 0 aromatic carbocycles. The first-order valence-corrected chi connectivity index (χ1v) is 7.32. The molecule has 0 saturated carbocycles. The molecule has 0 aliphatic carbocycles. The lowest BCUT2D eigenvalue weighted by Gasteiger charge is -1.96. The molecule has 17 heavy (non-hydrogen) atoms. The fraction of sp³-hybridized carbons (Fsp3) is 0.933. The molecule has 0 fully saturated rings. The lowest BCUT2D eigenvalue weighted by Crippen LogP contribution is -1.99. The van der Waals surface area contributed by atoms with Gasteiger partial charge in [0, 0.05) is 6.92 Å². The van der Waals surface area contributed by atoms with Crippen LogP contribution < -0.4 is 0 Å². The maximum absolute atomic E-state index is 10.1. The van der Waals surface area contributed by atoms with Crippen LogP contribution in [0.1, 0.15) is 85.5 Å². The molecule has 0 aliphatic heterocycles. The number of carbonyl (C=O) groups is 1. The van der Waals surface area contributed by atoms with Crippen molar-refractivity contribution in [2.24, 2.45) is 0 Å². The summed E-state index contributed by atoms with van der Waals surface area (Å²) in [5.41, 5.74) is 0. The van der Waals surface area contributed by atoms with E-state index in [-0.39, 0.29) is 5.97 Å². The van der Waals surface area contributed by atoms with E-state index >= 15 is 0 Å². The fourth-order valence-corrected chi connectivity index (χ4v) is 1.39. The summed E-state index contributed by atoms with van der Waals surface area (Å²) in [6, 6.07) is 0. The lowest BCUT2D eigenvalue weighted by molar-refractivity contribution is -0.141. The molecule has 0 radical (unpaired) electrons. The number of hydrogen-bond donors (Lipinski definition) is 0. The van der Waals surface area contributed by atoms with Crippen molar-refractivity contribution in [3.05, 3.63) is 0 Å². The van der Waals surface area contributed by atoms with Gasteiger partial charge in [0.05, 0.1) is 6.61 Å². The number of rotatable bonds is 9. The molecule has 0 atom stereocenters. The van der Waals surface area contributed by atoms with E-state index in [9.17, 15) is 4.79 Å². The molecule has 0 spiro atoms. The zero-order valence-corrected chi connectivity index (χ0v) is 12.4. The normalized spacial score (nSPS) is 9.41. The molecule has 2 nitrogen and oxygen atoms in total. The lowest BCUT2D eigenvalue weighted by atomic mass is 10.1. The Labute approximate surface area is 108 Å². The summed E-state index contributed by atoms with van der Waals surface area (Å²) in [5, 5.41) is 0. The van der Waals surface area contributed by atoms with Crippen LogP contribution in [0, 0.1) is 0 Å². The number of esters is 1. The van der Waals surface area contributed by atoms with Gasteiger partial charge in [-0.15, -0.1) is 0 Å². The van der Waals surface area contributed by atoms with Crippen LogP contribution in [-0.2, 0) is 9.53 Å². The van der Waals surface area contributed by atoms with Gasteiger partial charge in [-0.25, -0.2) is 0 Å². The van der Waals surface area contributed by atoms with Crippen LogP contribution in [0.25, 0.3) is 0 Å². The molecule has 0 aliphatic rings. The Bertz CT molecular complexity index is 138. The highest BCUT2D eigenvalue weighted by Crippen LogP contribution is 2.05. The molecule has 0 saturated heterocycles. The predicted octanol–water partition coefficient (Wildman–Crippen LogP) is 5.11. The highest BCUT2D eigenvalue weighted by Gasteiger charge is 1.88. The second-order valence-electron chi connectivity index (χ2n) is 4.46. The van der Waals surface area contributed by atoms with Crippen LogP contribution in [0.15, 0.2) is 0 Å². The summed E-state index contributed by atoms with van der Waals surface area (Å²) in [5.74, 6) is -0.182. The van der Waals surface area contributed by atoms with Crippen LogP contribution in [0.2, 0.25) is 0 Å². The smallest absolute Gasteiger partial charge is 0.302 e. The van der Waals surface area contributed by atoms with E-state index in [1.807, 2.05) is 0 Å². The quantitative estimate of drug-likeness (QED) is 0.416. The van der Waals surface area contributed by atoms with E-state index < -0.39 is 0 Å². The first-order valence-electron chi connectivity index (χ1n) is 7.32. The van der Waals surface area contributed by atoms with Gasteiger partial charge in [-0.1, -0.05) is 72.1 Å². The van der Waals surface area contributed by atoms with E-state index in [2.05, 4.69) is 25.5 Å². The minimum atomic E-state index is -0.182. The molecule has 2 heteroatoms. The molecule has 0 amide bonds. The SMILES string of the molecule is CCCCCCCCC.CCCCOC(C)=O. The van der Waals surface area contributed by atoms with Gasteiger partial charge in [-0.3, -0.25) is 4.79 Å². The second-order valence-corrected chi connectivity index (χ2v) is 4.46. The fourth-order valence-electron chi connectivity index (χ4n) is 1.39. The second kappa shape index (κ2) is 17.9. The van der Waals surface area contributed by atoms with Gasteiger partial charge in [0.15, 0.2) is 0 Å². The maximum atomic E-state index is 10.1. The van der Waals surface area contributed by atoms with E-state index in [1.165, 1.54) is 51.9 Å². The van der Waals surface area contributed by atoms with E-state index in [0.717, 1.165) is 12.8 Å². The summed E-state index contributed by atoms with van der Waals surface area (Å²) in [6.07, 6.45) is 12.0. The molecule has 0 rings (SSSR count). The molecule has 0 N–H and O–H groups in total. The van der Waals surface area contributed by atoms with E-state index in [0.29, 0.717) is 6.61 Å². The van der Waals surface area contributed by atoms with Gasteiger partial charge in [0.25, 0.3) is 0 Å². The molecular formula is C15H32O2. The van der Waals surface area contributed by atoms with Crippen LogP contribution >= 0.6 is 0 Å². The Morgan fingerprint density at radius 1 is 0.765 bits per heavy atom. The highest BCUT2D eigenvalue weighted by atomic mass is 16.5. The Balaban J connectivity index is 0. The van der Waals surface area contributed by atoms with E-state index in [1.54, 1.807) is 0 Å². The van der Waals surface area contributed by atoms with Gasteiger partial charge in [0.1, 0.15) is 0 Å². The monoisotopic (exact) mass is 244 g/mol. The van der Waals surface area contributed by atoms with Crippen molar-refractivity contribution < 1.29 is 9.53 Å². The first-order chi connectivity index (χ1) is 8.18. The summed E-state index contributed by atoms with van der Waals surface area (Å²) < 4.78 is 4.64. The summed E-state index contributed by atoms with van der Waals surface area (Å²) in [6.45, 7) is 8.59. The van der Waals surface area contributed by atoms with Crippen LogP contribution in [0.3, 0.4) is 0 Å². The van der Waals surface area contributed by atoms with Gasteiger partial charge in [-0.05, 0) is 6.42 Å². The predicted molar refractivity (Wildman–Crippen MR) is 75.2 cm³/mol. The molecule has 0 heterocycles. The van der Waals surface area contributed by atoms with Gasteiger partial charge >= 0.3 is 5.97 Å². The molecule has 0 bridgehead atoms. The minimum Gasteiger partial charge on any atom is -0.466 e. The van der Waals surface area contributed by atoms with Crippen molar-refractivity contribution in [3.8, 4) is 0 Å². The van der Waals surface area contributed by atoms with Crippen molar-refractivity contribution in [3.63, 3.8) is 0 Å². The Morgan fingerprint density at radius 2 is 1.18 bits per heavy atom. The van der Waals surface area contributed by atoms with Crippen LogP contribution in [-0.4, -0.2) is 12.6 Å². The first kappa shape index (κ1) is 18.8. The van der Waals surface area contributed by atoms with Gasteiger partial charge < -0.3 is 4.74 Å². The largest absolute Gasteiger partial charge is 0.466 e. The van der Waals surface area contributed by atoms with Gasteiger partial charge in [0.2, 0.25) is 0 Å². The topological polar surface area (TPSA) is 26.3 Å². The van der Waals surface area contributed by atoms with Crippen molar-refractivity contribution in [1.82, 2.24) is 0 Å². The zero-order valence-electron chi connectivity index (χ0n) is 12.4.